The number of ether oxygens (including phenoxy) is 4. The topological polar surface area (TPSA) is 185 Å². The van der Waals surface area contributed by atoms with Gasteiger partial charge in [0.1, 0.15) is 47.9 Å². The van der Waals surface area contributed by atoms with Crippen molar-refractivity contribution in [1.29, 1.82) is 0 Å². The van der Waals surface area contributed by atoms with Crippen molar-refractivity contribution in [1.82, 2.24) is 0 Å². The Bertz CT molecular complexity index is 1840. The largest absolute Gasteiger partial charge is 0.507 e. The zero-order chi connectivity index (χ0) is 41.3. The number of aromatic hydroxyl groups is 2. The molecule has 12 heteroatoms. The van der Waals surface area contributed by atoms with Gasteiger partial charge in [0.25, 0.3) is 0 Å². The fourth-order valence-electron chi connectivity index (χ4n) is 7.01. The minimum Gasteiger partial charge on any atom is -0.507 e. The van der Waals surface area contributed by atoms with Crippen molar-refractivity contribution < 1.29 is 53.7 Å². The van der Waals surface area contributed by atoms with E-state index >= 15 is 0 Å². The van der Waals surface area contributed by atoms with Gasteiger partial charge in [0.2, 0.25) is 11.7 Å². The van der Waals surface area contributed by atoms with Crippen LogP contribution in [0.25, 0.3) is 21.9 Å². The third kappa shape index (κ3) is 13.2. The van der Waals surface area contributed by atoms with E-state index in [0.717, 1.165) is 50.2 Å². The van der Waals surface area contributed by atoms with Gasteiger partial charge in [0.05, 0.1) is 12.5 Å². The summed E-state index contributed by atoms with van der Waals surface area (Å²) in [5.41, 5.74) is 0.510. The molecule has 5 atom stereocenters. The number of hydrogen-bond donors (Lipinski definition) is 5. The molecule has 2 aromatic carbocycles. The Morgan fingerprint density at radius 2 is 1.44 bits per heavy atom. The molecular weight excluding hydrogens is 732 g/mol. The number of aliphatic hydroxyl groups excluding tert-OH is 3. The third-order valence-electron chi connectivity index (χ3n) is 10.4. The van der Waals surface area contributed by atoms with Crippen LogP contribution in [-0.4, -0.2) is 75.9 Å². The van der Waals surface area contributed by atoms with Gasteiger partial charge in [-0.05, 0) is 64.5 Å². The molecule has 0 amide bonds. The molecule has 0 aliphatic carbocycles. The Balaban J connectivity index is 1.25. The average Bonchev–Trinajstić information content (AvgIpc) is 3.18. The van der Waals surface area contributed by atoms with Crippen molar-refractivity contribution in [3.63, 3.8) is 0 Å². The minimum atomic E-state index is -1.74. The van der Waals surface area contributed by atoms with Gasteiger partial charge in [0.15, 0.2) is 22.7 Å². The first kappa shape index (κ1) is 45.6. The van der Waals surface area contributed by atoms with Gasteiger partial charge in [-0.3, -0.25) is 9.59 Å². The maximum Gasteiger partial charge on any atom is 0.305 e. The molecule has 0 bridgehead atoms. The zero-order valence-electron chi connectivity index (χ0n) is 34.2. The Hall–Kier alpha value is -4.10. The van der Waals surface area contributed by atoms with E-state index in [1.54, 1.807) is 6.07 Å². The fraction of sp³-hybridized carbons (Fsp3) is 0.600. The number of benzene rings is 2. The number of aliphatic hydroxyl groups is 3. The summed E-state index contributed by atoms with van der Waals surface area (Å²) in [4.78, 5) is 26.3. The van der Waals surface area contributed by atoms with E-state index in [0.29, 0.717) is 18.4 Å². The molecule has 1 aliphatic heterocycles. The highest BCUT2D eigenvalue weighted by molar-refractivity contribution is 5.98. The minimum absolute atomic E-state index is 0.0550. The molecule has 1 saturated heterocycles. The Labute approximate surface area is 336 Å². The molecule has 1 aliphatic rings. The van der Waals surface area contributed by atoms with E-state index in [2.05, 4.69) is 19.1 Å². The van der Waals surface area contributed by atoms with Crippen molar-refractivity contribution in [3.8, 4) is 23.0 Å². The summed E-state index contributed by atoms with van der Waals surface area (Å²) < 4.78 is 28.2. The van der Waals surface area contributed by atoms with Gasteiger partial charge in [0, 0.05) is 18.1 Å². The maximum atomic E-state index is 13.8. The first-order valence-corrected chi connectivity index (χ1v) is 20.8. The molecule has 12 nitrogen and oxygen atoms in total. The van der Waals surface area contributed by atoms with Crippen LogP contribution in [0.3, 0.4) is 0 Å². The van der Waals surface area contributed by atoms with E-state index in [1.807, 2.05) is 19.9 Å². The second-order valence-corrected chi connectivity index (χ2v) is 15.4. The van der Waals surface area contributed by atoms with Crippen LogP contribution in [0.1, 0.15) is 129 Å². The summed E-state index contributed by atoms with van der Waals surface area (Å²) in [6, 6.07) is 3.94. The predicted octanol–water partition coefficient (Wildman–Crippen LogP) is 8.42. The van der Waals surface area contributed by atoms with Gasteiger partial charge in [-0.1, -0.05) is 94.9 Å². The first-order chi connectivity index (χ1) is 27.5. The van der Waals surface area contributed by atoms with Crippen LogP contribution >= 0.6 is 0 Å². The standard InChI is InChI=1S/C45H64O12/c1-5-6-7-8-9-10-11-12-13-14-15-16-17-18-19-20-21-22-36(47)54-28-35-40(50)41(51)42(52)45(56-35)55-31-26-32-39(49)37-38(48)30(24-23-29(2)3)25-34(53-4)44(37)57-43(32)33(46)27-31/h14-15,23,25-27,35,40-42,45-46,48,50-52H,5-13,16-22,24,28H2,1-4H3/b15-14+/t35-,40-,41+,42-,45-/m1/s1. The molecule has 1 aromatic heterocycles. The molecule has 0 unspecified atom stereocenters. The van der Waals surface area contributed by atoms with Crippen molar-refractivity contribution in [2.75, 3.05) is 13.7 Å². The summed E-state index contributed by atoms with van der Waals surface area (Å²) in [5.74, 6) is -1.22. The summed E-state index contributed by atoms with van der Waals surface area (Å²) in [5, 5.41) is 53.6. The summed E-state index contributed by atoms with van der Waals surface area (Å²) >= 11 is 0. The highest BCUT2D eigenvalue weighted by Gasteiger charge is 2.45. The number of unbranched alkanes of at least 4 members (excludes halogenated alkanes) is 13. The Morgan fingerprint density at radius 1 is 0.807 bits per heavy atom. The number of carbonyl (C=O) groups excluding carboxylic acids is 1. The maximum absolute atomic E-state index is 13.8. The summed E-state index contributed by atoms with van der Waals surface area (Å²) in [6.45, 7) is 5.66. The molecule has 4 rings (SSSR count). The van der Waals surface area contributed by atoms with E-state index in [9.17, 15) is 35.1 Å². The van der Waals surface area contributed by atoms with E-state index in [1.165, 1.54) is 64.5 Å². The molecule has 0 saturated carbocycles. The quantitative estimate of drug-likeness (QED) is 0.0253. The highest BCUT2D eigenvalue weighted by atomic mass is 16.7. The number of allylic oxidation sites excluding steroid dienone is 4. The van der Waals surface area contributed by atoms with Crippen LogP contribution in [0.5, 0.6) is 23.0 Å². The lowest BCUT2D eigenvalue weighted by molar-refractivity contribution is -0.278. The lowest BCUT2D eigenvalue weighted by Crippen LogP contribution is -2.60. The van der Waals surface area contributed by atoms with Crippen LogP contribution in [0, 0.1) is 0 Å². The number of phenolic OH excluding ortho intramolecular Hbond substituents is 2. The molecule has 0 spiro atoms. The first-order valence-electron chi connectivity index (χ1n) is 20.8. The second kappa shape index (κ2) is 23.3. The molecular formula is C45H64O12. The monoisotopic (exact) mass is 796 g/mol. The van der Waals surface area contributed by atoms with Crippen LogP contribution < -0.4 is 14.9 Å². The van der Waals surface area contributed by atoms with Gasteiger partial charge >= 0.3 is 5.97 Å². The van der Waals surface area contributed by atoms with E-state index < -0.39 is 54.5 Å². The van der Waals surface area contributed by atoms with Gasteiger partial charge in [-0.15, -0.1) is 0 Å². The molecule has 57 heavy (non-hydrogen) atoms. The van der Waals surface area contributed by atoms with Crippen molar-refractivity contribution in [3.05, 3.63) is 57.8 Å². The Kier molecular flexibility index (Phi) is 18.7. The summed E-state index contributed by atoms with van der Waals surface area (Å²) in [7, 11) is 1.40. The van der Waals surface area contributed by atoms with Crippen LogP contribution in [0.4, 0.5) is 0 Å². The number of phenols is 2. The normalized spacial score (nSPS) is 19.7. The number of rotatable bonds is 24. The fourth-order valence-corrected chi connectivity index (χ4v) is 7.01. The Morgan fingerprint density at radius 3 is 2.07 bits per heavy atom. The highest BCUT2D eigenvalue weighted by Crippen LogP contribution is 2.40. The number of hydrogen-bond acceptors (Lipinski definition) is 12. The van der Waals surface area contributed by atoms with Gasteiger partial charge in [-0.25, -0.2) is 0 Å². The molecule has 5 N–H and O–H groups in total. The van der Waals surface area contributed by atoms with Crippen LogP contribution in [0.15, 0.2) is 51.2 Å². The van der Waals surface area contributed by atoms with Crippen molar-refractivity contribution in [2.45, 2.75) is 161 Å². The molecule has 2 heterocycles. The lowest BCUT2D eigenvalue weighted by Gasteiger charge is -2.39. The average molecular weight is 797 g/mol. The van der Waals surface area contributed by atoms with Crippen LogP contribution in [0.2, 0.25) is 0 Å². The van der Waals surface area contributed by atoms with Crippen molar-refractivity contribution in [2.24, 2.45) is 0 Å². The number of methoxy groups -OCH3 is 1. The molecule has 0 radical (unpaired) electrons. The third-order valence-corrected chi connectivity index (χ3v) is 10.4. The lowest BCUT2D eigenvalue weighted by atomic mass is 9.99. The van der Waals surface area contributed by atoms with E-state index in [-0.39, 0.29) is 45.6 Å². The molecule has 3 aromatic rings. The second-order valence-electron chi connectivity index (χ2n) is 15.4. The number of fused-ring (bicyclic) bond motifs is 2. The molecule has 1 fully saturated rings. The summed E-state index contributed by atoms with van der Waals surface area (Å²) in [6.07, 6.45) is 16.8. The predicted molar refractivity (Wildman–Crippen MR) is 220 cm³/mol. The van der Waals surface area contributed by atoms with E-state index in [4.69, 9.17) is 23.4 Å². The number of esters is 1. The van der Waals surface area contributed by atoms with Crippen molar-refractivity contribution >= 4 is 27.9 Å². The smallest absolute Gasteiger partial charge is 0.305 e. The molecule has 316 valence electrons. The van der Waals surface area contributed by atoms with Gasteiger partial charge in [-0.2, -0.15) is 0 Å². The SMILES string of the molecule is CCCCCCCCCC/C=C/CCCCCCCC(=O)OC[C@H]1O[C@@H](Oc2cc(O)c3oc4c(OC)cc(CC=C(C)C)c(O)c4c(=O)c3c2)[C@H](O)[C@@H](O)[C@@H]1O. The number of carbonyl (C=O) groups is 1. The van der Waals surface area contributed by atoms with Crippen LogP contribution in [-0.2, 0) is 20.7 Å². The van der Waals surface area contributed by atoms with Gasteiger partial charge < -0.3 is 48.9 Å². The zero-order valence-corrected chi connectivity index (χ0v) is 34.2.